The summed E-state index contributed by atoms with van der Waals surface area (Å²) in [5.41, 5.74) is 3.53. The van der Waals surface area contributed by atoms with Crippen LogP contribution >= 0.6 is 15.9 Å². The van der Waals surface area contributed by atoms with Crippen LogP contribution in [0, 0.1) is 19.8 Å². The van der Waals surface area contributed by atoms with Gasteiger partial charge in [-0.05, 0) is 61.6 Å². The van der Waals surface area contributed by atoms with Crippen LogP contribution in [-0.2, 0) is 28.2 Å². The SMILES string of the molecule is Cc1ccc(C)c(CN2C(=O)[C@](O)(CC(=O)[C@@H]3CCc4ccccc4C3=O)c3cc(Br)ccc32)c1. The Morgan fingerprint density at radius 2 is 1.86 bits per heavy atom. The molecule has 1 amide bonds. The van der Waals surface area contributed by atoms with Crippen LogP contribution in [0.25, 0.3) is 0 Å². The lowest BCUT2D eigenvalue weighted by atomic mass is 9.77. The highest BCUT2D eigenvalue weighted by Gasteiger charge is 2.52. The van der Waals surface area contributed by atoms with Gasteiger partial charge in [-0.2, -0.15) is 0 Å². The highest BCUT2D eigenvalue weighted by molar-refractivity contribution is 9.10. The Balaban J connectivity index is 1.47. The minimum absolute atomic E-state index is 0.229. The van der Waals surface area contributed by atoms with Gasteiger partial charge < -0.3 is 10.0 Å². The fourth-order valence-corrected chi connectivity index (χ4v) is 5.63. The summed E-state index contributed by atoms with van der Waals surface area (Å²) < 4.78 is 0.700. The van der Waals surface area contributed by atoms with Gasteiger partial charge >= 0.3 is 0 Å². The normalized spacial score (nSPS) is 21.1. The summed E-state index contributed by atoms with van der Waals surface area (Å²) in [6.45, 7) is 4.27. The third-order valence-corrected chi connectivity index (χ3v) is 7.74. The number of benzene rings is 3. The summed E-state index contributed by atoms with van der Waals surface area (Å²) in [7, 11) is 0. The third kappa shape index (κ3) is 4.05. The molecule has 1 heterocycles. The van der Waals surface area contributed by atoms with Crippen molar-refractivity contribution < 1.29 is 19.5 Å². The second kappa shape index (κ2) is 8.85. The van der Waals surface area contributed by atoms with Crippen LogP contribution < -0.4 is 4.90 Å². The van der Waals surface area contributed by atoms with E-state index in [-0.39, 0.29) is 12.3 Å². The molecule has 0 bridgehead atoms. The highest BCUT2D eigenvalue weighted by Crippen LogP contribution is 2.45. The van der Waals surface area contributed by atoms with Crippen LogP contribution in [-0.4, -0.2) is 22.6 Å². The van der Waals surface area contributed by atoms with Crippen molar-refractivity contribution in [3.63, 3.8) is 0 Å². The van der Waals surface area contributed by atoms with E-state index in [1.165, 1.54) is 0 Å². The van der Waals surface area contributed by atoms with Crippen molar-refractivity contribution >= 4 is 39.1 Å². The van der Waals surface area contributed by atoms with E-state index in [0.717, 1.165) is 22.3 Å². The molecular formula is C29H26BrNO4. The van der Waals surface area contributed by atoms with E-state index >= 15 is 0 Å². The van der Waals surface area contributed by atoms with Crippen LogP contribution in [0.15, 0.2) is 65.1 Å². The fourth-order valence-electron chi connectivity index (χ4n) is 5.27. The molecule has 3 aromatic carbocycles. The largest absolute Gasteiger partial charge is 0.375 e. The number of halogens is 1. The average Bonchev–Trinajstić information content (AvgIpc) is 3.03. The molecule has 5 rings (SSSR count). The Kier molecular flexibility index (Phi) is 5.98. The average molecular weight is 532 g/mol. The Morgan fingerprint density at radius 1 is 1.09 bits per heavy atom. The molecule has 5 nitrogen and oxygen atoms in total. The Labute approximate surface area is 212 Å². The molecule has 0 radical (unpaired) electrons. The number of carbonyl (C=O) groups is 3. The molecule has 0 unspecified atom stereocenters. The van der Waals surface area contributed by atoms with Gasteiger partial charge in [-0.3, -0.25) is 14.4 Å². The molecule has 2 aliphatic rings. The lowest BCUT2D eigenvalue weighted by Gasteiger charge is -2.27. The van der Waals surface area contributed by atoms with Crippen molar-refractivity contribution in [1.29, 1.82) is 0 Å². The van der Waals surface area contributed by atoms with Crippen molar-refractivity contribution in [1.82, 2.24) is 0 Å². The van der Waals surface area contributed by atoms with E-state index in [2.05, 4.69) is 15.9 Å². The molecule has 0 saturated carbocycles. The van der Waals surface area contributed by atoms with Gasteiger partial charge in [-0.1, -0.05) is 64.0 Å². The van der Waals surface area contributed by atoms with Crippen molar-refractivity contribution in [3.05, 3.63) is 98.5 Å². The topological polar surface area (TPSA) is 74.7 Å². The first kappa shape index (κ1) is 23.6. The molecule has 6 heteroatoms. The van der Waals surface area contributed by atoms with Crippen molar-refractivity contribution in [3.8, 4) is 0 Å². The first-order valence-electron chi connectivity index (χ1n) is 11.7. The number of anilines is 1. The van der Waals surface area contributed by atoms with Crippen molar-refractivity contribution in [2.45, 2.75) is 45.3 Å². The summed E-state index contributed by atoms with van der Waals surface area (Å²) in [4.78, 5) is 41.8. The van der Waals surface area contributed by atoms with Gasteiger partial charge in [-0.15, -0.1) is 0 Å². The molecule has 1 aliphatic heterocycles. The van der Waals surface area contributed by atoms with Crippen molar-refractivity contribution in [2.24, 2.45) is 5.92 Å². The number of ketones is 2. The molecule has 35 heavy (non-hydrogen) atoms. The van der Waals surface area contributed by atoms with Gasteiger partial charge in [0, 0.05) is 22.0 Å². The molecular weight excluding hydrogens is 506 g/mol. The number of hydrogen-bond donors (Lipinski definition) is 1. The first-order chi connectivity index (χ1) is 16.7. The summed E-state index contributed by atoms with van der Waals surface area (Å²) in [5, 5.41) is 11.7. The molecule has 3 aromatic rings. The van der Waals surface area contributed by atoms with E-state index in [4.69, 9.17) is 0 Å². The number of rotatable bonds is 5. The maximum Gasteiger partial charge on any atom is 0.264 e. The molecule has 178 valence electrons. The van der Waals surface area contributed by atoms with Crippen LogP contribution in [0.5, 0.6) is 0 Å². The van der Waals surface area contributed by atoms with Crippen LogP contribution in [0.4, 0.5) is 5.69 Å². The maximum absolute atomic E-state index is 13.7. The van der Waals surface area contributed by atoms with Crippen LogP contribution in [0.1, 0.15) is 51.0 Å². The second-order valence-corrected chi connectivity index (χ2v) is 10.5. The molecule has 0 fully saturated rings. The zero-order valence-corrected chi connectivity index (χ0v) is 21.3. The molecule has 0 spiro atoms. The predicted molar refractivity (Wildman–Crippen MR) is 137 cm³/mol. The smallest absolute Gasteiger partial charge is 0.264 e. The second-order valence-electron chi connectivity index (χ2n) is 9.60. The van der Waals surface area contributed by atoms with E-state index in [1.54, 1.807) is 29.2 Å². The number of Topliss-reactive ketones (excluding diaryl/α,β-unsaturated/α-hetero) is 2. The summed E-state index contributed by atoms with van der Waals surface area (Å²) in [6, 6.07) is 18.7. The minimum atomic E-state index is -2.02. The van der Waals surface area contributed by atoms with Crippen LogP contribution in [0.3, 0.4) is 0 Å². The number of nitrogens with zero attached hydrogens (tertiary/aromatic N) is 1. The number of fused-ring (bicyclic) bond motifs is 2. The molecule has 0 saturated heterocycles. The van der Waals surface area contributed by atoms with E-state index in [1.807, 2.05) is 50.2 Å². The van der Waals surface area contributed by atoms with Gasteiger partial charge in [0.2, 0.25) is 0 Å². The summed E-state index contributed by atoms with van der Waals surface area (Å²) in [6.07, 6.45) is 0.569. The Bertz CT molecular complexity index is 1380. The molecule has 0 aromatic heterocycles. The number of amides is 1. The number of aryl methyl sites for hydroxylation is 3. The standard InChI is InChI=1S/C29H26BrNO4/c1-17-7-8-18(2)20(13-17)16-31-25-12-10-21(30)14-24(25)29(35,28(31)34)15-26(32)23-11-9-19-5-3-4-6-22(19)27(23)33/h3-8,10,12-14,23,35H,9,11,15-16H2,1-2H3/t23-,29-/m0/s1. The monoisotopic (exact) mass is 531 g/mol. The molecule has 1 N–H and O–H groups in total. The summed E-state index contributed by atoms with van der Waals surface area (Å²) in [5.74, 6) is -2.03. The lowest BCUT2D eigenvalue weighted by molar-refractivity contribution is -0.142. The lowest BCUT2D eigenvalue weighted by Crippen LogP contribution is -2.43. The third-order valence-electron chi connectivity index (χ3n) is 7.25. The Morgan fingerprint density at radius 3 is 2.66 bits per heavy atom. The fraction of sp³-hybridized carbons (Fsp3) is 0.276. The van der Waals surface area contributed by atoms with Gasteiger partial charge in [0.1, 0.15) is 5.78 Å². The number of carbonyl (C=O) groups excluding carboxylic acids is 3. The zero-order chi connectivity index (χ0) is 24.9. The Hall–Kier alpha value is -3.09. The van der Waals surface area contributed by atoms with E-state index in [9.17, 15) is 19.5 Å². The number of aliphatic hydroxyl groups is 1. The molecule has 1 aliphatic carbocycles. The predicted octanol–water partition coefficient (Wildman–Crippen LogP) is 5.20. The quantitative estimate of drug-likeness (QED) is 0.459. The van der Waals surface area contributed by atoms with Gasteiger partial charge in [0.25, 0.3) is 5.91 Å². The zero-order valence-electron chi connectivity index (χ0n) is 19.7. The van der Waals surface area contributed by atoms with Crippen LogP contribution in [0.2, 0.25) is 0 Å². The number of hydrogen-bond acceptors (Lipinski definition) is 4. The van der Waals surface area contributed by atoms with Gasteiger partial charge in [0.15, 0.2) is 11.4 Å². The van der Waals surface area contributed by atoms with Crippen molar-refractivity contribution in [2.75, 3.05) is 4.90 Å². The maximum atomic E-state index is 13.7. The van der Waals surface area contributed by atoms with E-state index < -0.39 is 29.6 Å². The summed E-state index contributed by atoms with van der Waals surface area (Å²) >= 11 is 3.43. The van der Waals surface area contributed by atoms with Gasteiger partial charge in [-0.25, -0.2) is 0 Å². The van der Waals surface area contributed by atoms with E-state index in [0.29, 0.717) is 34.1 Å². The first-order valence-corrected chi connectivity index (χ1v) is 12.5. The highest BCUT2D eigenvalue weighted by atomic mass is 79.9. The minimum Gasteiger partial charge on any atom is -0.375 e. The van der Waals surface area contributed by atoms with Gasteiger partial charge in [0.05, 0.1) is 18.2 Å². The molecule has 2 atom stereocenters.